The van der Waals surface area contributed by atoms with E-state index in [0.29, 0.717) is 5.13 Å². The van der Waals surface area contributed by atoms with Gasteiger partial charge in [-0.25, -0.2) is 4.98 Å². The van der Waals surface area contributed by atoms with E-state index >= 15 is 0 Å². The Morgan fingerprint density at radius 1 is 1.20 bits per heavy atom. The normalized spacial score (nSPS) is 10.4. The molecule has 0 fully saturated rings. The number of nitrogens with one attached hydrogen (secondary N) is 1. The summed E-state index contributed by atoms with van der Waals surface area (Å²) >= 11 is 1.48. The van der Waals surface area contributed by atoms with E-state index in [-0.39, 0.29) is 0 Å². The van der Waals surface area contributed by atoms with Crippen LogP contribution in [0.4, 0.5) is 5.13 Å². The van der Waals surface area contributed by atoms with E-state index in [0.717, 1.165) is 18.8 Å². The highest BCUT2D eigenvalue weighted by Crippen LogP contribution is 2.10. The van der Waals surface area contributed by atoms with Crippen LogP contribution in [-0.2, 0) is 13.1 Å². The molecule has 3 N–H and O–H groups in total. The highest BCUT2D eigenvalue weighted by Gasteiger charge is 1.97. The summed E-state index contributed by atoms with van der Waals surface area (Å²) in [6.07, 6.45) is 0. The molecule has 0 atom stereocenters. The van der Waals surface area contributed by atoms with Crippen molar-refractivity contribution in [3.05, 3.63) is 47.0 Å². The minimum atomic E-state index is 0.631. The van der Waals surface area contributed by atoms with Crippen LogP contribution in [0.1, 0.15) is 11.3 Å². The highest BCUT2D eigenvalue weighted by molar-refractivity contribution is 7.13. The van der Waals surface area contributed by atoms with Crippen molar-refractivity contribution in [2.45, 2.75) is 13.1 Å². The van der Waals surface area contributed by atoms with E-state index in [1.165, 1.54) is 16.9 Å². The standard InChI is InChI=1S/C11H13N3S/c12-11-14-10(8-15-11)7-13-6-9-4-2-1-3-5-9/h1-5,8,13H,6-7H2,(H2,12,14). The van der Waals surface area contributed by atoms with Crippen LogP contribution in [0.25, 0.3) is 0 Å². The first-order chi connectivity index (χ1) is 7.34. The fourth-order valence-corrected chi connectivity index (χ4v) is 1.90. The zero-order valence-corrected chi connectivity index (χ0v) is 9.13. The van der Waals surface area contributed by atoms with E-state index in [1.54, 1.807) is 0 Å². The zero-order chi connectivity index (χ0) is 10.5. The Balaban J connectivity index is 1.80. The van der Waals surface area contributed by atoms with Crippen molar-refractivity contribution in [3.63, 3.8) is 0 Å². The third kappa shape index (κ3) is 3.04. The second kappa shape index (κ2) is 4.91. The molecule has 0 aliphatic heterocycles. The molecule has 15 heavy (non-hydrogen) atoms. The number of aromatic nitrogens is 1. The minimum absolute atomic E-state index is 0.631. The molecule has 0 aliphatic carbocycles. The Hall–Kier alpha value is -1.39. The van der Waals surface area contributed by atoms with Gasteiger partial charge in [-0.1, -0.05) is 30.3 Å². The number of hydrogen-bond acceptors (Lipinski definition) is 4. The van der Waals surface area contributed by atoms with E-state index in [4.69, 9.17) is 5.73 Å². The summed E-state index contributed by atoms with van der Waals surface area (Å²) < 4.78 is 0. The number of hydrogen-bond donors (Lipinski definition) is 2. The first-order valence-corrected chi connectivity index (χ1v) is 5.67. The van der Waals surface area contributed by atoms with Gasteiger partial charge in [-0.3, -0.25) is 0 Å². The van der Waals surface area contributed by atoms with Gasteiger partial charge < -0.3 is 11.1 Å². The van der Waals surface area contributed by atoms with Crippen molar-refractivity contribution in [1.82, 2.24) is 10.3 Å². The average Bonchev–Trinajstić information content (AvgIpc) is 2.66. The maximum Gasteiger partial charge on any atom is 0.180 e. The number of anilines is 1. The van der Waals surface area contributed by atoms with Crippen molar-refractivity contribution < 1.29 is 0 Å². The summed E-state index contributed by atoms with van der Waals surface area (Å²) in [5, 5.41) is 5.93. The molecule has 1 aromatic carbocycles. The van der Waals surface area contributed by atoms with Gasteiger partial charge in [-0.15, -0.1) is 11.3 Å². The molecule has 4 heteroatoms. The van der Waals surface area contributed by atoms with E-state index in [1.807, 2.05) is 23.6 Å². The molecule has 0 bridgehead atoms. The Morgan fingerprint density at radius 3 is 2.67 bits per heavy atom. The average molecular weight is 219 g/mol. The molecule has 0 unspecified atom stereocenters. The van der Waals surface area contributed by atoms with Gasteiger partial charge in [0.25, 0.3) is 0 Å². The zero-order valence-electron chi connectivity index (χ0n) is 8.31. The lowest BCUT2D eigenvalue weighted by atomic mass is 10.2. The van der Waals surface area contributed by atoms with Gasteiger partial charge in [0, 0.05) is 18.5 Å². The van der Waals surface area contributed by atoms with Crippen LogP contribution in [-0.4, -0.2) is 4.98 Å². The third-order valence-corrected chi connectivity index (χ3v) is 2.77. The third-order valence-electron chi connectivity index (χ3n) is 2.05. The van der Waals surface area contributed by atoms with Gasteiger partial charge in [0.2, 0.25) is 0 Å². The number of thiazole rings is 1. The van der Waals surface area contributed by atoms with Crippen molar-refractivity contribution in [2.75, 3.05) is 5.73 Å². The summed E-state index contributed by atoms with van der Waals surface area (Å²) in [6.45, 7) is 1.63. The summed E-state index contributed by atoms with van der Waals surface area (Å²) in [4.78, 5) is 4.18. The lowest BCUT2D eigenvalue weighted by Gasteiger charge is -2.02. The molecule has 1 heterocycles. The van der Waals surface area contributed by atoms with Crippen LogP contribution in [0.3, 0.4) is 0 Å². The Kier molecular flexibility index (Phi) is 3.32. The molecule has 0 amide bonds. The number of rotatable bonds is 4. The molecule has 3 nitrogen and oxygen atoms in total. The van der Waals surface area contributed by atoms with Crippen LogP contribution in [0.15, 0.2) is 35.7 Å². The summed E-state index contributed by atoms with van der Waals surface area (Å²) in [7, 11) is 0. The Morgan fingerprint density at radius 2 is 2.00 bits per heavy atom. The maximum absolute atomic E-state index is 5.54. The van der Waals surface area contributed by atoms with Crippen LogP contribution < -0.4 is 11.1 Å². The number of nitrogens with two attached hydrogens (primary N) is 1. The molecule has 0 saturated carbocycles. The lowest BCUT2D eigenvalue weighted by molar-refractivity contribution is 0.683. The predicted octanol–water partition coefficient (Wildman–Crippen LogP) is 2.02. The number of nitrogen functional groups attached to an aromatic ring is 1. The molecule has 0 spiro atoms. The monoisotopic (exact) mass is 219 g/mol. The Labute approximate surface area is 93.0 Å². The molecule has 0 aliphatic rings. The summed E-state index contributed by atoms with van der Waals surface area (Å²) in [5.74, 6) is 0. The van der Waals surface area contributed by atoms with Gasteiger partial charge in [0.05, 0.1) is 5.69 Å². The second-order valence-electron chi connectivity index (χ2n) is 3.27. The van der Waals surface area contributed by atoms with Crippen molar-refractivity contribution >= 4 is 16.5 Å². The number of benzene rings is 1. The highest BCUT2D eigenvalue weighted by atomic mass is 32.1. The van der Waals surface area contributed by atoms with Crippen molar-refractivity contribution in [3.8, 4) is 0 Å². The van der Waals surface area contributed by atoms with Crippen LogP contribution in [0.2, 0.25) is 0 Å². The molecule has 0 radical (unpaired) electrons. The smallest absolute Gasteiger partial charge is 0.180 e. The van der Waals surface area contributed by atoms with Crippen molar-refractivity contribution in [2.24, 2.45) is 0 Å². The first kappa shape index (κ1) is 10.1. The van der Waals surface area contributed by atoms with Gasteiger partial charge in [0.15, 0.2) is 5.13 Å². The summed E-state index contributed by atoms with van der Waals surface area (Å²) in [6, 6.07) is 10.3. The topological polar surface area (TPSA) is 50.9 Å². The van der Waals surface area contributed by atoms with Crippen LogP contribution in [0.5, 0.6) is 0 Å². The van der Waals surface area contributed by atoms with E-state index < -0.39 is 0 Å². The molecule has 78 valence electrons. The van der Waals surface area contributed by atoms with Crippen LogP contribution in [0, 0.1) is 0 Å². The SMILES string of the molecule is Nc1nc(CNCc2ccccc2)cs1. The van der Waals surface area contributed by atoms with Crippen molar-refractivity contribution in [1.29, 1.82) is 0 Å². The molecule has 2 rings (SSSR count). The Bertz CT molecular complexity index is 411. The van der Waals surface area contributed by atoms with Gasteiger partial charge in [-0.05, 0) is 5.56 Å². The second-order valence-corrected chi connectivity index (χ2v) is 4.16. The maximum atomic E-state index is 5.54. The lowest BCUT2D eigenvalue weighted by Crippen LogP contribution is -2.12. The molecular formula is C11H13N3S. The fourth-order valence-electron chi connectivity index (χ4n) is 1.33. The largest absolute Gasteiger partial charge is 0.375 e. The van der Waals surface area contributed by atoms with Gasteiger partial charge >= 0.3 is 0 Å². The molecule has 2 aromatic rings. The minimum Gasteiger partial charge on any atom is -0.375 e. The molecular weight excluding hydrogens is 206 g/mol. The number of nitrogens with zero attached hydrogens (tertiary/aromatic N) is 1. The quantitative estimate of drug-likeness (QED) is 0.827. The molecule has 0 saturated heterocycles. The van der Waals surface area contributed by atoms with Gasteiger partial charge in [-0.2, -0.15) is 0 Å². The van der Waals surface area contributed by atoms with E-state index in [2.05, 4.69) is 22.4 Å². The van der Waals surface area contributed by atoms with Crippen LogP contribution >= 0.6 is 11.3 Å². The first-order valence-electron chi connectivity index (χ1n) is 4.79. The predicted molar refractivity (Wildman–Crippen MR) is 63.5 cm³/mol. The van der Waals surface area contributed by atoms with Gasteiger partial charge in [0.1, 0.15) is 0 Å². The van der Waals surface area contributed by atoms with E-state index in [9.17, 15) is 0 Å². The summed E-state index contributed by atoms with van der Waals surface area (Å²) in [5.41, 5.74) is 7.83. The fraction of sp³-hybridized carbons (Fsp3) is 0.182. The molecule has 1 aromatic heterocycles.